The molecule has 0 bridgehead atoms. The fourth-order valence-electron chi connectivity index (χ4n) is 1.97. The SMILES string of the molecule is CS(=O)(=O)[N-]c1ccc(Cc2ccc([N-]S(C)(=O)=O)cc2)cc1. The van der Waals surface area contributed by atoms with Gasteiger partial charge in [0.25, 0.3) is 0 Å². The van der Waals surface area contributed by atoms with Crippen molar-refractivity contribution in [1.29, 1.82) is 0 Å². The third-order valence-electron chi connectivity index (χ3n) is 2.82. The van der Waals surface area contributed by atoms with Gasteiger partial charge in [-0.05, 0) is 17.5 Å². The smallest absolute Gasteiger partial charge is 0.0908 e. The molecule has 0 heterocycles. The molecule has 0 spiro atoms. The van der Waals surface area contributed by atoms with Crippen LogP contribution in [0.15, 0.2) is 48.5 Å². The van der Waals surface area contributed by atoms with Crippen molar-refractivity contribution in [2.75, 3.05) is 12.5 Å². The summed E-state index contributed by atoms with van der Waals surface area (Å²) in [7, 11) is -6.81. The van der Waals surface area contributed by atoms with E-state index >= 15 is 0 Å². The molecule has 23 heavy (non-hydrogen) atoms. The molecule has 0 aliphatic rings. The van der Waals surface area contributed by atoms with Gasteiger partial charge in [0.05, 0.1) is 20.0 Å². The van der Waals surface area contributed by atoms with Gasteiger partial charge >= 0.3 is 0 Å². The van der Waals surface area contributed by atoms with Gasteiger partial charge in [-0.15, -0.1) is 11.4 Å². The van der Waals surface area contributed by atoms with E-state index in [9.17, 15) is 16.8 Å². The topological polar surface area (TPSA) is 96.5 Å². The van der Waals surface area contributed by atoms with Crippen molar-refractivity contribution in [3.8, 4) is 0 Å². The summed E-state index contributed by atoms with van der Waals surface area (Å²) >= 11 is 0. The molecule has 2 rings (SSSR count). The van der Waals surface area contributed by atoms with Crippen LogP contribution in [-0.2, 0) is 26.5 Å². The van der Waals surface area contributed by atoms with E-state index in [4.69, 9.17) is 0 Å². The van der Waals surface area contributed by atoms with Crippen molar-refractivity contribution in [1.82, 2.24) is 0 Å². The number of nitrogens with zero attached hydrogens (tertiary/aromatic N) is 2. The lowest BCUT2D eigenvalue weighted by Crippen LogP contribution is -1.92. The molecule has 0 fully saturated rings. The summed E-state index contributed by atoms with van der Waals surface area (Å²) in [6.45, 7) is 0. The number of sulfonamides is 2. The molecule has 0 saturated carbocycles. The van der Waals surface area contributed by atoms with E-state index in [0.717, 1.165) is 23.6 Å². The quantitative estimate of drug-likeness (QED) is 0.797. The minimum atomic E-state index is -3.40. The second-order valence-electron chi connectivity index (χ2n) is 5.16. The van der Waals surface area contributed by atoms with E-state index in [2.05, 4.69) is 9.44 Å². The number of benzene rings is 2. The monoisotopic (exact) mass is 352 g/mol. The molecule has 0 atom stereocenters. The Morgan fingerprint density at radius 1 is 0.652 bits per heavy atom. The van der Waals surface area contributed by atoms with Crippen molar-refractivity contribution < 1.29 is 16.8 Å². The van der Waals surface area contributed by atoms with E-state index in [-0.39, 0.29) is 0 Å². The third-order valence-corrected chi connectivity index (χ3v) is 3.91. The number of hydrogen-bond donors (Lipinski definition) is 0. The average Bonchev–Trinajstić information content (AvgIpc) is 2.40. The van der Waals surface area contributed by atoms with Crippen LogP contribution in [0.2, 0.25) is 0 Å². The molecule has 2 aromatic rings. The zero-order valence-electron chi connectivity index (χ0n) is 12.7. The van der Waals surface area contributed by atoms with Gasteiger partial charge in [0.1, 0.15) is 0 Å². The highest BCUT2D eigenvalue weighted by atomic mass is 32.2. The molecule has 0 aromatic heterocycles. The minimum absolute atomic E-state index is 0.388. The number of hydrogen-bond acceptors (Lipinski definition) is 4. The van der Waals surface area contributed by atoms with Crippen molar-refractivity contribution in [2.24, 2.45) is 0 Å². The summed E-state index contributed by atoms with van der Waals surface area (Å²) in [5, 5.41) is 0. The molecule has 124 valence electrons. The van der Waals surface area contributed by atoms with Gasteiger partial charge in [-0.25, -0.2) is 16.8 Å². The van der Waals surface area contributed by atoms with E-state index in [0.29, 0.717) is 17.8 Å². The molecule has 6 nitrogen and oxygen atoms in total. The average molecular weight is 352 g/mol. The molecule has 0 saturated heterocycles. The highest BCUT2D eigenvalue weighted by Gasteiger charge is 1.97. The molecule has 0 N–H and O–H groups in total. The van der Waals surface area contributed by atoms with Gasteiger partial charge < -0.3 is 9.44 Å². The van der Waals surface area contributed by atoms with Crippen molar-refractivity contribution >= 4 is 31.4 Å². The second kappa shape index (κ2) is 6.59. The fraction of sp³-hybridized carbons (Fsp3) is 0.200. The first kappa shape index (κ1) is 17.3. The highest BCUT2D eigenvalue weighted by Crippen LogP contribution is 2.24. The zero-order valence-corrected chi connectivity index (χ0v) is 14.3. The molecular weight excluding hydrogens is 336 g/mol. The Balaban J connectivity index is 2.04. The Hall–Kier alpha value is -2.06. The molecule has 0 radical (unpaired) electrons. The molecular formula is C15H16N2O4S2-2. The Morgan fingerprint density at radius 2 is 0.957 bits per heavy atom. The van der Waals surface area contributed by atoms with E-state index in [1.807, 2.05) is 0 Å². The first-order chi connectivity index (χ1) is 10.6. The summed E-state index contributed by atoms with van der Waals surface area (Å²) in [6, 6.07) is 13.8. The van der Waals surface area contributed by atoms with E-state index in [1.54, 1.807) is 48.5 Å². The summed E-state index contributed by atoms with van der Waals surface area (Å²) in [6.07, 6.45) is 2.73. The standard InChI is InChI=1S/C15H16N2O4S2/c1-22(18,19)16-14-7-3-12(4-8-14)11-13-5-9-15(10-6-13)17-23(2,20)21/h3-10H,11H2,1-2H3/q-2. The third kappa shape index (κ3) is 6.29. The second-order valence-corrected chi connectivity index (χ2v) is 8.46. The maximum absolute atomic E-state index is 11.1. The van der Waals surface area contributed by atoms with Crippen LogP contribution < -0.4 is 0 Å². The molecule has 0 amide bonds. The molecule has 0 unspecified atom stereocenters. The van der Waals surface area contributed by atoms with Crippen LogP contribution in [0.1, 0.15) is 11.1 Å². The molecule has 2 aromatic carbocycles. The van der Waals surface area contributed by atoms with Crippen LogP contribution in [0, 0.1) is 0 Å². The normalized spacial score (nSPS) is 11.9. The molecule has 8 heteroatoms. The van der Waals surface area contributed by atoms with Gasteiger partial charge in [-0.1, -0.05) is 48.5 Å². The number of rotatable bonds is 6. The maximum Gasteiger partial charge on any atom is 0.0908 e. The van der Waals surface area contributed by atoms with Gasteiger partial charge in [0.2, 0.25) is 0 Å². The van der Waals surface area contributed by atoms with Crippen molar-refractivity contribution in [2.45, 2.75) is 6.42 Å². The Kier molecular flexibility index (Phi) is 4.96. The van der Waals surface area contributed by atoms with Crippen molar-refractivity contribution in [3.05, 3.63) is 69.1 Å². The fourth-order valence-corrected chi connectivity index (χ4v) is 2.98. The highest BCUT2D eigenvalue weighted by molar-refractivity contribution is 7.93. The minimum Gasteiger partial charge on any atom is -0.577 e. The Labute approximate surface area is 136 Å². The van der Waals surface area contributed by atoms with Crippen LogP contribution in [0.5, 0.6) is 0 Å². The molecule has 0 aliphatic carbocycles. The summed E-state index contributed by atoms with van der Waals surface area (Å²) in [4.78, 5) is 0. The largest absolute Gasteiger partial charge is 0.577 e. The first-order valence-corrected chi connectivity index (χ1v) is 10.3. The van der Waals surface area contributed by atoms with Gasteiger partial charge in [0, 0.05) is 12.5 Å². The predicted octanol–water partition coefficient (Wildman–Crippen LogP) is 3.21. The van der Waals surface area contributed by atoms with E-state index in [1.165, 1.54) is 0 Å². The summed E-state index contributed by atoms with van der Waals surface area (Å²) in [5.41, 5.74) is 2.76. The van der Waals surface area contributed by atoms with E-state index < -0.39 is 20.0 Å². The van der Waals surface area contributed by atoms with Gasteiger partial charge in [0.15, 0.2) is 0 Å². The van der Waals surface area contributed by atoms with Crippen LogP contribution >= 0.6 is 0 Å². The lowest BCUT2D eigenvalue weighted by Gasteiger charge is -2.19. The Bertz CT molecular complexity index is 797. The van der Waals surface area contributed by atoms with Crippen LogP contribution in [0.3, 0.4) is 0 Å². The zero-order chi connectivity index (χ0) is 17.1. The lowest BCUT2D eigenvalue weighted by atomic mass is 10.0. The summed E-state index contributed by atoms with van der Waals surface area (Å²) < 4.78 is 51.5. The van der Waals surface area contributed by atoms with Crippen molar-refractivity contribution in [3.63, 3.8) is 0 Å². The van der Waals surface area contributed by atoms with Gasteiger partial charge in [-0.2, -0.15) is 0 Å². The van der Waals surface area contributed by atoms with Crippen LogP contribution in [-0.4, -0.2) is 29.3 Å². The lowest BCUT2D eigenvalue weighted by molar-refractivity contribution is 0.607. The summed E-state index contributed by atoms with van der Waals surface area (Å²) in [5.74, 6) is 0. The van der Waals surface area contributed by atoms with Crippen LogP contribution in [0.4, 0.5) is 11.4 Å². The molecule has 0 aliphatic heterocycles. The predicted molar refractivity (Wildman–Crippen MR) is 91.4 cm³/mol. The van der Waals surface area contributed by atoms with Gasteiger partial charge in [-0.3, -0.25) is 0 Å². The Morgan fingerprint density at radius 3 is 1.22 bits per heavy atom. The maximum atomic E-state index is 11.1. The van der Waals surface area contributed by atoms with Crippen LogP contribution in [0.25, 0.3) is 9.44 Å². The first-order valence-electron chi connectivity index (χ1n) is 6.65.